The van der Waals surface area contributed by atoms with Crippen LogP contribution in [0.2, 0.25) is 0 Å². The number of rotatable bonds is 8. The van der Waals surface area contributed by atoms with Gasteiger partial charge in [-0.05, 0) is 49.1 Å². The second kappa shape index (κ2) is 9.57. The van der Waals surface area contributed by atoms with Crippen molar-refractivity contribution in [2.24, 2.45) is 13.0 Å². The Kier molecular flexibility index (Phi) is 7.10. The zero-order chi connectivity index (χ0) is 21.8. The number of aromatic nitrogens is 2. The van der Waals surface area contributed by atoms with Gasteiger partial charge in [-0.15, -0.1) is 0 Å². The van der Waals surface area contributed by atoms with Gasteiger partial charge in [0.2, 0.25) is 0 Å². The van der Waals surface area contributed by atoms with Crippen LogP contribution in [0.25, 0.3) is 11.0 Å². The van der Waals surface area contributed by atoms with Gasteiger partial charge in [-0.25, -0.2) is 14.9 Å². The molecule has 0 fully saturated rings. The standard InChI is InChI=1S/C22H26BrFN4O2/c1-5-6-13(2)11-30-27-22(29)16-10-18-21(25-12-28(18)4)19(24)20(16)26-17-8-7-15(23)9-14(17)3/h7-10,12-13,26H,5-6,11H2,1-4H3,(H,27,29). The van der Waals surface area contributed by atoms with E-state index in [1.807, 2.05) is 25.1 Å². The van der Waals surface area contributed by atoms with E-state index in [4.69, 9.17) is 4.84 Å². The number of imidazole rings is 1. The number of nitrogens with zero attached hydrogens (tertiary/aromatic N) is 2. The molecule has 1 unspecified atom stereocenters. The van der Waals surface area contributed by atoms with Crippen LogP contribution in [0.1, 0.15) is 42.6 Å². The number of fused-ring (bicyclic) bond motifs is 1. The van der Waals surface area contributed by atoms with Gasteiger partial charge in [-0.2, -0.15) is 0 Å². The van der Waals surface area contributed by atoms with E-state index in [2.05, 4.69) is 45.6 Å². The lowest BCUT2D eigenvalue weighted by atomic mass is 10.1. The topological polar surface area (TPSA) is 68.2 Å². The first-order valence-corrected chi connectivity index (χ1v) is 10.7. The van der Waals surface area contributed by atoms with Crippen molar-refractivity contribution in [2.75, 3.05) is 11.9 Å². The summed E-state index contributed by atoms with van der Waals surface area (Å²) in [5.41, 5.74) is 4.99. The van der Waals surface area contributed by atoms with Gasteiger partial charge in [0.1, 0.15) is 5.52 Å². The summed E-state index contributed by atoms with van der Waals surface area (Å²) in [6.45, 7) is 6.45. The molecule has 3 aromatic rings. The molecule has 2 aromatic carbocycles. The molecule has 0 saturated heterocycles. The van der Waals surface area contributed by atoms with Gasteiger partial charge < -0.3 is 9.88 Å². The molecule has 3 rings (SSSR count). The molecule has 8 heteroatoms. The highest BCUT2D eigenvalue weighted by Gasteiger charge is 2.22. The van der Waals surface area contributed by atoms with Gasteiger partial charge in [-0.3, -0.25) is 9.63 Å². The zero-order valence-corrected chi connectivity index (χ0v) is 19.1. The highest BCUT2D eigenvalue weighted by molar-refractivity contribution is 9.10. The van der Waals surface area contributed by atoms with Crippen LogP contribution in [0.5, 0.6) is 0 Å². The molecule has 1 heterocycles. The maximum Gasteiger partial charge on any atom is 0.277 e. The number of carbonyl (C=O) groups is 1. The van der Waals surface area contributed by atoms with E-state index >= 15 is 4.39 Å². The molecule has 0 aliphatic rings. The largest absolute Gasteiger partial charge is 0.352 e. The van der Waals surface area contributed by atoms with Crippen molar-refractivity contribution in [1.82, 2.24) is 15.0 Å². The minimum Gasteiger partial charge on any atom is -0.352 e. The SMILES string of the molecule is CCCC(C)CONC(=O)c1cc2c(ncn2C)c(F)c1Nc1ccc(Br)cc1C. The Bertz CT molecular complexity index is 1070. The van der Waals surface area contributed by atoms with E-state index in [-0.39, 0.29) is 16.8 Å². The second-order valence-electron chi connectivity index (χ2n) is 7.56. The van der Waals surface area contributed by atoms with Crippen molar-refractivity contribution < 1.29 is 14.0 Å². The predicted molar refractivity (Wildman–Crippen MR) is 120 cm³/mol. The third kappa shape index (κ3) is 4.82. The van der Waals surface area contributed by atoms with E-state index in [0.29, 0.717) is 23.7 Å². The van der Waals surface area contributed by atoms with E-state index < -0.39 is 11.7 Å². The fourth-order valence-electron chi connectivity index (χ4n) is 3.31. The number of halogens is 2. The van der Waals surface area contributed by atoms with Crippen molar-refractivity contribution in [3.05, 3.63) is 52.0 Å². The molecule has 2 N–H and O–H groups in total. The number of hydroxylamine groups is 1. The Balaban J connectivity index is 1.95. The van der Waals surface area contributed by atoms with E-state index in [9.17, 15) is 4.79 Å². The number of amides is 1. The van der Waals surface area contributed by atoms with Gasteiger partial charge in [0.25, 0.3) is 5.91 Å². The molecular formula is C22H26BrFN4O2. The van der Waals surface area contributed by atoms with Crippen LogP contribution in [0.15, 0.2) is 35.1 Å². The minimum atomic E-state index is -0.583. The van der Waals surface area contributed by atoms with Crippen molar-refractivity contribution >= 4 is 44.2 Å². The summed E-state index contributed by atoms with van der Waals surface area (Å²) in [6.07, 6.45) is 3.57. The van der Waals surface area contributed by atoms with Crippen LogP contribution < -0.4 is 10.8 Å². The average molecular weight is 477 g/mol. The predicted octanol–water partition coefficient (Wildman–Crippen LogP) is 5.62. The number of hydrogen-bond donors (Lipinski definition) is 2. The molecule has 0 bridgehead atoms. The lowest BCUT2D eigenvalue weighted by Crippen LogP contribution is -2.27. The maximum atomic E-state index is 15.4. The van der Waals surface area contributed by atoms with Crippen LogP contribution in [-0.4, -0.2) is 22.1 Å². The second-order valence-corrected chi connectivity index (χ2v) is 8.47. The number of anilines is 2. The summed E-state index contributed by atoms with van der Waals surface area (Å²) >= 11 is 3.43. The molecule has 30 heavy (non-hydrogen) atoms. The first kappa shape index (κ1) is 22.2. The van der Waals surface area contributed by atoms with Crippen LogP contribution >= 0.6 is 15.9 Å². The van der Waals surface area contributed by atoms with Crippen molar-refractivity contribution in [2.45, 2.75) is 33.6 Å². The minimum absolute atomic E-state index is 0.0642. The Labute approximate surface area is 183 Å². The molecule has 160 valence electrons. The molecule has 6 nitrogen and oxygen atoms in total. The lowest BCUT2D eigenvalue weighted by molar-refractivity contribution is 0.0175. The van der Waals surface area contributed by atoms with Crippen molar-refractivity contribution in [3.8, 4) is 0 Å². The molecule has 0 spiro atoms. The normalized spacial score (nSPS) is 12.2. The molecule has 0 aliphatic heterocycles. The molecule has 0 radical (unpaired) electrons. The molecule has 0 saturated carbocycles. The number of hydrogen-bond acceptors (Lipinski definition) is 4. The monoisotopic (exact) mass is 476 g/mol. The van der Waals surface area contributed by atoms with Crippen molar-refractivity contribution in [3.63, 3.8) is 0 Å². The van der Waals surface area contributed by atoms with E-state index in [1.165, 1.54) is 6.33 Å². The van der Waals surface area contributed by atoms with E-state index in [1.54, 1.807) is 17.7 Å². The number of nitrogens with one attached hydrogen (secondary N) is 2. The van der Waals surface area contributed by atoms with Gasteiger partial charge in [0.15, 0.2) is 5.82 Å². The van der Waals surface area contributed by atoms with Crippen LogP contribution in [0.4, 0.5) is 15.8 Å². The van der Waals surface area contributed by atoms with Gasteiger partial charge in [0, 0.05) is 17.2 Å². The summed E-state index contributed by atoms with van der Waals surface area (Å²) in [4.78, 5) is 22.4. The van der Waals surface area contributed by atoms with Gasteiger partial charge >= 0.3 is 0 Å². The average Bonchev–Trinajstić information content (AvgIpc) is 3.06. The number of carbonyl (C=O) groups excluding carboxylic acids is 1. The maximum absolute atomic E-state index is 15.4. The first-order chi connectivity index (χ1) is 14.3. The third-order valence-electron chi connectivity index (χ3n) is 4.97. The fourth-order valence-corrected chi connectivity index (χ4v) is 3.78. The van der Waals surface area contributed by atoms with E-state index in [0.717, 1.165) is 22.9 Å². The molecule has 1 amide bonds. The zero-order valence-electron chi connectivity index (χ0n) is 17.6. The fraction of sp³-hybridized carbons (Fsp3) is 0.364. The Morgan fingerprint density at radius 1 is 1.37 bits per heavy atom. The Morgan fingerprint density at radius 2 is 2.13 bits per heavy atom. The van der Waals surface area contributed by atoms with Crippen LogP contribution in [0, 0.1) is 18.7 Å². The summed E-state index contributed by atoms with van der Waals surface area (Å²) in [6, 6.07) is 7.21. The highest BCUT2D eigenvalue weighted by Crippen LogP contribution is 2.32. The summed E-state index contributed by atoms with van der Waals surface area (Å²) in [5, 5.41) is 3.08. The summed E-state index contributed by atoms with van der Waals surface area (Å²) in [5.74, 6) is -0.785. The summed E-state index contributed by atoms with van der Waals surface area (Å²) < 4.78 is 18.0. The van der Waals surface area contributed by atoms with Gasteiger partial charge in [-0.1, -0.05) is 36.2 Å². The first-order valence-electron chi connectivity index (χ1n) is 9.90. The van der Waals surface area contributed by atoms with Crippen LogP contribution in [0.3, 0.4) is 0 Å². The molecule has 0 aliphatic carbocycles. The molecular weight excluding hydrogens is 451 g/mol. The highest BCUT2D eigenvalue weighted by atomic mass is 79.9. The third-order valence-corrected chi connectivity index (χ3v) is 5.46. The number of benzene rings is 2. The smallest absolute Gasteiger partial charge is 0.277 e. The Morgan fingerprint density at radius 3 is 2.83 bits per heavy atom. The molecule has 1 atom stereocenters. The molecule has 1 aromatic heterocycles. The lowest BCUT2D eigenvalue weighted by Gasteiger charge is -2.16. The van der Waals surface area contributed by atoms with Crippen LogP contribution in [-0.2, 0) is 11.9 Å². The van der Waals surface area contributed by atoms with Crippen molar-refractivity contribution in [1.29, 1.82) is 0 Å². The summed E-state index contributed by atoms with van der Waals surface area (Å²) in [7, 11) is 1.76. The quantitative estimate of drug-likeness (QED) is 0.413. The van der Waals surface area contributed by atoms with Gasteiger partial charge in [0.05, 0.1) is 29.7 Å². The Hall–Kier alpha value is -2.45. The number of aryl methyl sites for hydroxylation is 2.